The van der Waals surface area contributed by atoms with Crippen LogP contribution in [-0.2, 0) is 0 Å². The second-order valence-corrected chi connectivity index (χ2v) is 6.95. The number of benzene rings is 1. The number of aliphatic hydroxyl groups is 1. The molecule has 7 nitrogen and oxygen atoms in total. The summed E-state index contributed by atoms with van der Waals surface area (Å²) in [6.45, 7) is 7.70. The van der Waals surface area contributed by atoms with Crippen LogP contribution >= 0.6 is 11.6 Å². The summed E-state index contributed by atoms with van der Waals surface area (Å²) < 4.78 is 11.2. The quantitative estimate of drug-likeness (QED) is 0.311. The number of nitrogens with zero attached hydrogens (tertiary/aromatic N) is 2. The summed E-state index contributed by atoms with van der Waals surface area (Å²) in [5.41, 5.74) is 0.760. The number of pyridine rings is 1. The van der Waals surface area contributed by atoms with Crippen molar-refractivity contribution in [3.8, 4) is 11.6 Å². The predicted molar refractivity (Wildman–Crippen MR) is 116 cm³/mol. The molecule has 0 saturated carbocycles. The predicted octanol–water partition coefficient (Wildman–Crippen LogP) is 3.19. The van der Waals surface area contributed by atoms with Crippen molar-refractivity contribution >= 4 is 17.6 Å². The molecule has 1 aromatic heterocycles. The van der Waals surface area contributed by atoms with Crippen LogP contribution < -0.4 is 20.1 Å². The van der Waals surface area contributed by atoms with Gasteiger partial charge in [0.1, 0.15) is 17.4 Å². The third-order valence-corrected chi connectivity index (χ3v) is 4.03. The summed E-state index contributed by atoms with van der Waals surface area (Å²) in [7, 11) is 0. The Morgan fingerprint density at radius 3 is 2.79 bits per heavy atom. The van der Waals surface area contributed by atoms with E-state index in [0.29, 0.717) is 36.6 Å². The van der Waals surface area contributed by atoms with Crippen LogP contribution in [0.4, 0.5) is 0 Å². The van der Waals surface area contributed by atoms with Gasteiger partial charge in [-0.25, -0.2) is 4.98 Å². The highest BCUT2D eigenvalue weighted by Gasteiger charge is 2.09. The number of nitrogens with one attached hydrogen (secondary N) is 2. The van der Waals surface area contributed by atoms with Crippen molar-refractivity contribution in [2.75, 3.05) is 26.2 Å². The summed E-state index contributed by atoms with van der Waals surface area (Å²) in [4.78, 5) is 8.53. The van der Waals surface area contributed by atoms with Crippen molar-refractivity contribution in [2.45, 2.75) is 33.0 Å². The van der Waals surface area contributed by atoms with E-state index in [2.05, 4.69) is 20.6 Å². The molecule has 0 aliphatic rings. The third kappa shape index (κ3) is 8.17. The molecule has 0 radical (unpaired) electrons. The summed E-state index contributed by atoms with van der Waals surface area (Å²) >= 11 is 6.02. The van der Waals surface area contributed by atoms with E-state index in [1.807, 2.05) is 45.0 Å². The lowest BCUT2D eigenvalue weighted by molar-refractivity contribution is 0.185. The number of hydrogen-bond acceptors (Lipinski definition) is 5. The van der Waals surface area contributed by atoms with E-state index in [1.165, 1.54) is 0 Å². The van der Waals surface area contributed by atoms with Crippen molar-refractivity contribution in [1.29, 1.82) is 0 Å². The Hall–Kier alpha value is -2.51. The molecule has 2 rings (SSSR count). The Balaban J connectivity index is 1.86. The van der Waals surface area contributed by atoms with Crippen molar-refractivity contribution in [2.24, 2.45) is 4.99 Å². The van der Waals surface area contributed by atoms with Gasteiger partial charge in [-0.3, -0.25) is 4.99 Å². The standard InChI is InChI=1S/C21H29ClN4O3/c1-4-23-21(25-11-12-28-20-18(22)9-6-10-24-20)26-14-19(27)16-7-5-8-17(13-16)29-15(2)3/h5-10,13,15,19,27H,4,11-12,14H2,1-3H3,(H2,23,25,26). The molecule has 0 fully saturated rings. The van der Waals surface area contributed by atoms with Gasteiger partial charge in [0.15, 0.2) is 5.96 Å². The molecule has 0 aliphatic heterocycles. The van der Waals surface area contributed by atoms with Gasteiger partial charge in [-0.1, -0.05) is 23.7 Å². The number of aliphatic imine (C=N–C) groups is 1. The lowest BCUT2D eigenvalue weighted by Gasteiger charge is -2.15. The molecule has 0 spiro atoms. The zero-order valence-corrected chi connectivity index (χ0v) is 17.8. The van der Waals surface area contributed by atoms with Crippen molar-refractivity contribution in [3.05, 3.63) is 53.2 Å². The van der Waals surface area contributed by atoms with E-state index >= 15 is 0 Å². The zero-order valence-electron chi connectivity index (χ0n) is 17.1. The molecule has 1 unspecified atom stereocenters. The van der Waals surface area contributed by atoms with Gasteiger partial charge < -0.3 is 25.2 Å². The number of guanidine groups is 1. The van der Waals surface area contributed by atoms with Crippen LogP contribution in [0.5, 0.6) is 11.6 Å². The highest BCUT2D eigenvalue weighted by Crippen LogP contribution is 2.21. The first kappa shape index (κ1) is 22.8. The minimum absolute atomic E-state index is 0.0770. The van der Waals surface area contributed by atoms with Gasteiger partial charge in [-0.2, -0.15) is 0 Å². The number of ether oxygens (including phenoxy) is 2. The SMILES string of the molecule is CCNC(=NCC(O)c1cccc(OC(C)C)c1)NCCOc1ncccc1Cl. The van der Waals surface area contributed by atoms with Gasteiger partial charge in [0.25, 0.3) is 0 Å². The van der Waals surface area contributed by atoms with Crippen LogP contribution in [0, 0.1) is 0 Å². The Bertz CT molecular complexity index is 786. The summed E-state index contributed by atoms with van der Waals surface area (Å²) in [5.74, 6) is 1.73. The Labute approximate surface area is 177 Å². The van der Waals surface area contributed by atoms with Crippen molar-refractivity contribution in [1.82, 2.24) is 15.6 Å². The first-order chi connectivity index (χ1) is 14.0. The molecule has 8 heteroatoms. The second kappa shape index (κ2) is 12.1. The van der Waals surface area contributed by atoms with Crippen molar-refractivity contribution < 1.29 is 14.6 Å². The number of halogens is 1. The molecule has 29 heavy (non-hydrogen) atoms. The number of aromatic nitrogens is 1. The highest BCUT2D eigenvalue weighted by atomic mass is 35.5. The molecule has 3 N–H and O–H groups in total. The molecule has 0 bridgehead atoms. The molecule has 1 aromatic carbocycles. The average molecular weight is 421 g/mol. The monoisotopic (exact) mass is 420 g/mol. The smallest absolute Gasteiger partial charge is 0.232 e. The van der Waals surface area contributed by atoms with Gasteiger partial charge in [0.05, 0.1) is 25.3 Å². The van der Waals surface area contributed by atoms with Crippen LogP contribution in [0.3, 0.4) is 0 Å². The van der Waals surface area contributed by atoms with Gasteiger partial charge in [0, 0.05) is 12.7 Å². The molecule has 0 amide bonds. The van der Waals surface area contributed by atoms with Gasteiger partial charge in [-0.05, 0) is 50.6 Å². The van der Waals surface area contributed by atoms with Gasteiger partial charge in [0.2, 0.25) is 5.88 Å². The normalized spacial score (nSPS) is 12.6. The molecule has 1 atom stereocenters. The van der Waals surface area contributed by atoms with Crippen LogP contribution in [-0.4, -0.2) is 48.4 Å². The fraction of sp³-hybridized carbons (Fsp3) is 0.429. The molecule has 0 aliphatic carbocycles. The maximum absolute atomic E-state index is 10.5. The van der Waals surface area contributed by atoms with E-state index in [9.17, 15) is 5.11 Å². The van der Waals surface area contributed by atoms with E-state index in [4.69, 9.17) is 21.1 Å². The lowest BCUT2D eigenvalue weighted by atomic mass is 10.1. The van der Waals surface area contributed by atoms with Gasteiger partial charge in [-0.15, -0.1) is 0 Å². The highest BCUT2D eigenvalue weighted by molar-refractivity contribution is 6.31. The maximum Gasteiger partial charge on any atom is 0.232 e. The van der Waals surface area contributed by atoms with Crippen LogP contribution in [0.15, 0.2) is 47.6 Å². The first-order valence-corrected chi connectivity index (χ1v) is 10.1. The lowest BCUT2D eigenvalue weighted by Crippen LogP contribution is -2.39. The van der Waals surface area contributed by atoms with Crippen LogP contribution in [0.1, 0.15) is 32.4 Å². The topological polar surface area (TPSA) is 88.0 Å². The average Bonchev–Trinajstić information content (AvgIpc) is 2.70. The first-order valence-electron chi connectivity index (χ1n) is 9.69. The third-order valence-electron chi connectivity index (χ3n) is 3.74. The van der Waals surface area contributed by atoms with E-state index < -0.39 is 6.10 Å². The Morgan fingerprint density at radius 1 is 1.24 bits per heavy atom. The Morgan fingerprint density at radius 2 is 2.07 bits per heavy atom. The second-order valence-electron chi connectivity index (χ2n) is 6.54. The van der Waals surface area contributed by atoms with E-state index in [0.717, 1.165) is 11.3 Å². The molecule has 158 valence electrons. The fourth-order valence-electron chi connectivity index (χ4n) is 2.49. The molecular formula is C21H29ClN4O3. The molecule has 0 saturated heterocycles. The van der Waals surface area contributed by atoms with Gasteiger partial charge >= 0.3 is 0 Å². The molecule has 1 heterocycles. The molecular weight excluding hydrogens is 392 g/mol. The number of aliphatic hydroxyl groups excluding tert-OH is 1. The fourth-order valence-corrected chi connectivity index (χ4v) is 2.66. The molecule has 2 aromatic rings. The van der Waals surface area contributed by atoms with Crippen molar-refractivity contribution in [3.63, 3.8) is 0 Å². The van der Waals surface area contributed by atoms with E-state index in [1.54, 1.807) is 18.3 Å². The number of rotatable bonds is 10. The van der Waals surface area contributed by atoms with Crippen LogP contribution in [0.25, 0.3) is 0 Å². The van der Waals surface area contributed by atoms with Crippen LogP contribution in [0.2, 0.25) is 5.02 Å². The minimum Gasteiger partial charge on any atom is -0.491 e. The maximum atomic E-state index is 10.5. The number of hydrogen-bond donors (Lipinski definition) is 3. The Kier molecular flexibility index (Phi) is 9.53. The summed E-state index contributed by atoms with van der Waals surface area (Å²) in [5, 5.41) is 17.3. The zero-order chi connectivity index (χ0) is 21.1. The van der Waals surface area contributed by atoms with E-state index in [-0.39, 0.29) is 12.6 Å². The summed E-state index contributed by atoms with van der Waals surface area (Å²) in [6, 6.07) is 10.9. The largest absolute Gasteiger partial charge is 0.491 e. The summed E-state index contributed by atoms with van der Waals surface area (Å²) in [6.07, 6.45) is 0.973. The minimum atomic E-state index is -0.732.